The number of pyridine rings is 1. The van der Waals surface area contributed by atoms with Crippen molar-refractivity contribution >= 4 is 0 Å². The lowest BCUT2D eigenvalue weighted by Crippen LogP contribution is -2.01. The second-order valence-electron chi connectivity index (χ2n) is 9.90. The van der Waals surface area contributed by atoms with Gasteiger partial charge in [-0.15, -0.1) is 0 Å². The number of hydrogen-bond acceptors (Lipinski definition) is 2. The number of aryl methyl sites for hydroxylation is 1. The quantitative estimate of drug-likeness (QED) is 0.139. The molecule has 3 heteroatoms. The summed E-state index contributed by atoms with van der Waals surface area (Å²) in [6.07, 6.45) is 16.3. The van der Waals surface area contributed by atoms with E-state index in [0.717, 1.165) is 30.4 Å². The Morgan fingerprint density at radius 2 is 1.11 bits per heavy atom. The van der Waals surface area contributed by atoms with Crippen molar-refractivity contribution in [2.75, 3.05) is 6.61 Å². The number of rotatable bonds is 17. The standard InChI is InChI=1S/C33H44FNO/c1-3-5-7-9-11-13-15-27-16-18-28(19-17-27)29-20-22-30(23-21-29)31-24-25-32(35-33(31)34)36-26-14-12-10-8-6-4-2/h16-25H,3-15,26H2,1-2H3. The highest BCUT2D eigenvalue weighted by Crippen LogP contribution is 2.28. The van der Waals surface area contributed by atoms with E-state index in [1.165, 1.54) is 75.3 Å². The Balaban J connectivity index is 1.48. The average Bonchev–Trinajstić information content (AvgIpc) is 2.91. The van der Waals surface area contributed by atoms with Crippen molar-refractivity contribution < 1.29 is 9.13 Å². The molecular formula is C33H44FNO. The van der Waals surface area contributed by atoms with E-state index in [-0.39, 0.29) is 0 Å². The maximum atomic E-state index is 14.7. The van der Waals surface area contributed by atoms with Crippen LogP contribution in [0.2, 0.25) is 0 Å². The van der Waals surface area contributed by atoms with Crippen molar-refractivity contribution in [1.82, 2.24) is 4.98 Å². The molecule has 0 saturated heterocycles. The molecule has 0 bridgehead atoms. The van der Waals surface area contributed by atoms with Crippen molar-refractivity contribution in [2.24, 2.45) is 0 Å². The van der Waals surface area contributed by atoms with Crippen LogP contribution < -0.4 is 4.74 Å². The number of benzene rings is 2. The van der Waals surface area contributed by atoms with E-state index >= 15 is 0 Å². The number of halogens is 1. The zero-order valence-corrected chi connectivity index (χ0v) is 22.4. The SMILES string of the molecule is CCCCCCCCOc1ccc(-c2ccc(-c3ccc(CCCCCCCC)cc3)cc2)c(F)n1. The summed E-state index contributed by atoms with van der Waals surface area (Å²) in [5, 5.41) is 0. The zero-order chi connectivity index (χ0) is 25.4. The van der Waals surface area contributed by atoms with Crippen LogP contribution in [0.4, 0.5) is 4.39 Å². The van der Waals surface area contributed by atoms with Crippen LogP contribution in [0, 0.1) is 5.95 Å². The van der Waals surface area contributed by atoms with Crippen LogP contribution in [0.3, 0.4) is 0 Å². The van der Waals surface area contributed by atoms with Crippen molar-refractivity contribution in [3.63, 3.8) is 0 Å². The Morgan fingerprint density at radius 1 is 0.583 bits per heavy atom. The lowest BCUT2D eigenvalue weighted by atomic mass is 9.99. The molecule has 0 aliphatic carbocycles. The molecule has 0 atom stereocenters. The van der Waals surface area contributed by atoms with E-state index in [1.807, 2.05) is 12.1 Å². The first-order chi connectivity index (χ1) is 17.7. The summed E-state index contributed by atoms with van der Waals surface area (Å²) in [5.74, 6) is -0.121. The van der Waals surface area contributed by atoms with Gasteiger partial charge in [0.25, 0.3) is 0 Å². The monoisotopic (exact) mass is 489 g/mol. The second kappa shape index (κ2) is 16.1. The fourth-order valence-electron chi connectivity index (χ4n) is 4.59. The van der Waals surface area contributed by atoms with E-state index in [0.29, 0.717) is 18.1 Å². The van der Waals surface area contributed by atoms with Crippen molar-refractivity contribution in [3.05, 3.63) is 72.2 Å². The van der Waals surface area contributed by atoms with Crippen molar-refractivity contribution in [1.29, 1.82) is 0 Å². The van der Waals surface area contributed by atoms with Gasteiger partial charge in [0.1, 0.15) is 0 Å². The minimum atomic E-state index is -0.484. The molecule has 3 rings (SSSR count). The zero-order valence-electron chi connectivity index (χ0n) is 22.4. The van der Waals surface area contributed by atoms with Gasteiger partial charge >= 0.3 is 0 Å². The average molecular weight is 490 g/mol. The molecule has 194 valence electrons. The summed E-state index contributed by atoms with van der Waals surface area (Å²) in [7, 11) is 0. The van der Waals surface area contributed by atoms with Gasteiger partial charge in [0.15, 0.2) is 0 Å². The summed E-state index contributed by atoms with van der Waals surface area (Å²) in [5.41, 5.74) is 5.05. The highest BCUT2D eigenvalue weighted by Gasteiger charge is 2.09. The Morgan fingerprint density at radius 3 is 1.72 bits per heavy atom. The number of nitrogens with zero attached hydrogens (tertiary/aromatic N) is 1. The maximum absolute atomic E-state index is 14.7. The van der Waals surface area contributed by atoms with Gasteiger partial charge < -0.3 is 4.74 Å². The van der Waals surface area contributed by atoms with Gasteiger partial charge in [-0.3, -0.25) is 0 Å². The van der Waals surface area contributed by atoms with E-state index in [2.05, 4.69) is 55.2 Å². The molecule has 1 heterocycles. The summed E-state index contributed by atoms with van der Waals surface area (Å²) in [6, 6.07) is 20.5. The highest BCUT2D eigenvalue weighted by molar-refractivity contribution is 5.70. The number of unbranched alkanes of at least 4 members (excludes halogenated alkanes) is 10. The molecule has 3 aromatic rings. The molecule has 2 nitrogen and oxygen atoms in total. The molecule has 0 fully saturated rings. The minimum Gasteiger partial charge on any atom is -0.478 e. The van der Waals surface area contributed by atoms with Crippen molar-refractivity contribution in [3.8, 4) is 28.1 Å². The van der Waals surface area contributed by atoms with Crippen molar-refractivity contribution in [2.45, 2.75) is 97.3 Å². The third-order valence-corrected chi connectivity index (χ3v) is 6.87. The largest absolute Gasteiger partial charge is 0.478 e. The minimum absolute atomic E-state index is 0.363. The number of ether oxygens (including phenoxy) is 1. The molecule has 0 radical (unpaired) electrons. The Hall–Kier alpha value is -2.68. The Bertz CT molecular complexity index is 997. The summed E-state index contributed by atoms with van der Waals surface area (Å²) in [4.78, 5) is 4.04. The predicted molar refractivity (Wildman–Crippen MR) is 151 cm³/mol. The Kier molecular flexibility index (Phi) is 12.5. The van der Waals surface area contributed by atoms with Gasteiger partial charge in [-0.1, -0.05) is 127 Å². The molecule has 0 saturated carbocycles. The highest BCUT2D eigenvalue weighted by atomic mass is 19.1. The molecule has 0 aliphatic heterocycles. The smallest absolute Gasteiger partial charge is 0.224 e. The van der Waals surface area contributed by atoms with E-state index in [1.54, 1.807) is 12.1 Å². The normalized spacial score (nSPS) is 11.1. The second-order valence-corrected chi connectivity index (χ2v) is 9.90. The van der Waals surface area contributed by atoms with E-state index < -0.39 is 5.95 Å². The maximum Gasteiger partial charge on any atom is 0.224 e. The van der Waals surface area contributed by atoms with Gasteiger partial charge in [0, 0.05) is 11.6 Å². The van der Waals surface area contributed by atoms with Gasteiger partial charge in [-0.05, 0) is 47.6 Å². The summed E-state index contributed by atoms with van der Waals surface area (Å²) in [6.45, 7) is 5.07. The lowest BCUT2D eigenvalue weighted by Gasteiger charge is -2.09. The molecule has 0 spiro atoms. The topological polar surface area (TPSA) is 22.1 Å². The van der Waals surface area contributed by atoms with Gasteiger partial charge in [-0.25, -0.2) is 0 Å². The molecule has 36 heavy (non-hydrogen) atoms. The van der Waals surface area contributed by atoms with Crippen LogP contribution in [-0.2, 0) is 6.42 Å². The third-order valence-electron chi connectivity index (χ3n) is 6.87. The summed E-state index contributed by atoms with van der Waals surface area (Å²) < 4.78 is 20.4. The first-order valence-electron chi connectivity index (χ1n) is 14.2. The molecule has 2 aromatic carbocycles. The molecular weight excluding hydrogens is 445 g/mol. The van der Waals surface area contributed by atoms with Crippen LogP contribution in [-0.4, -0.2) is 11.6 Å². The van der Waals surface area contributed by atoms with Crippen LogP contribution >= 0.6 is 0 Å². The van der Waals surface area contributed by atoms with Crippen LogP contribution in [0.25, 0.3) is 22.3 Å². The first-order valence-corrected chi connectivity index (χ1v) is 14.2. The molecule has 0 unspecified atom stereocenters. The fraction of sp³-hybridized carbons (Fsp3) is 0.485. The van der Waals surface area contributed by atoms with Gasteiger partial charge in [0.2, 0.25) is 11.8 Å². The predicted octanol–water partition coefficient (Wildman–Crippen LogP) is 10.2. The first kappa shape index (κ1) is 27.9. The molecule has 1 aromatic heterocycles. The van der Waals surface area contributed by atoms with Crippen LogP contribution in [0.5, 0.6) is 5.88 Å². The van der Waals surface area contributed by atoms with E-state index in [4.69, 9.17) is 4.74 Å². The number of hydrogen-bond donors (Lipinski definition) is 0. The molecule has 0 N–H and O–H groups in total. The number of aromatic nitrogens is 1. The molecule has 0 amide bonds. The Labute approximate surface area is 218 Å². The van der Waals surface area contributed by atoms with E-state index in [9.17, 15) is 4.39 Å². The summed E-state index contributed by atoms with van der Waals surface area (Å²) >= 11 is 0. The lowest BCUT2D eigenvalue weighted by molar-refractivity contribution is 0.289. The third kappa shape index (κ3) is 9.41. The van der Waals surface area contributed by atoms with Crippen LogP contribution in [0.15, 0.2) is 60.7 Å². The van der Waals surface area contributed by atoms with Gasteiger partial charge in [-0.2, -0.15) is 9.37 Å². The fourth-order valence-corrected chi connectivity index (χ4v) is 4.59. The van der Waals surface area contributed by atoms with Gasteiger partial charge in [0.05, 0.1) is 6.61 Å². The molecule has 0 aliphatic rings. The van der Waals surface area contributed by atoms with Crippen LogP contribution in [0.1, 0.15) is 96.5 Å².